The standard InChI is InChI=1S/C14H27F2N3/c1-4-17-14(18-9-13(15)16)19-12-7-5-11(6-8-12)10(2)3/h10-13H,4-9H2,1-3H3,(H2,17,18,19). The molecular weight excluding hydrogens is 248 g/mol. The Bertz CT molecular complexity index is 272. The van der Waals surface area contributed by atoms with Gasteiger partial charge in [-0.2, -0.15) is 0 Å². The van der Waals surface area contributed by atoms with Crippen molar-refractivity contribution in [3.8, 4) is 0 Å². The highest BCUT2D eigenvalue weighted by atomic mass is 19.3. The molecule has 0 heterocycles. The third kappa shape index (κ3) is 6.21. The number of alkyl halides is 2. The normalized spacial score (nSPS) is 24.9. The van der Waals surface area contributed by atoms with Crippen molar-refractivity contribution in [1.82, 2.24) is 10.6 Å². The molecule has 0 unspecified atom stereocenters. The first-order chi connectivity index (χ1) is 9.02. The first-order valence-electron chi connectivity index (χ1n) is 7.35. The van der Waals surface area contributed by atoms with Crippen LogP contribution < -0.4 is 10.6 Å². The van der Waals surface area contributed by atoms with E-state index in [4.69, 9.17) is 0 Å². The highest BCUT2D eigenvalue weighted by molar-refractivity contribution is 5.80. The molecule has 3 nitrogen and oxygen atoms in total. The molecule has 0 radical (unpaired) electrons. The van der Waals surface area contributed by atoms with Crippen molar-refractivity contribution in [3.05, 3.63) is 0 Å². The van der Waals surface area contributed by atoms with Gasteiger partial charge in [-0.1, -0.05) is 13.8 Å². The lowest BCUT2D eigenvalue weighted by Crippen LogP contribution is -2.45. The lowest BCUT2D eigenvalue weighted by atomic mass is 9.80. The Kier molecular flexibility index (Phi) is 7.10. The fourth-order valence-electron chi connectivity index (χ4n) is 2.60. The molecule has 112 valence electrons. The van der Waals surface area contributed by atoms with Crippen molar-refractivity contribution >= 4 is 5.96 Å². The molecule has 0 aromatic heterocycles. The predicted molar refractivity (Wildman–Crippen MR) is 75.7 cm³/mol. The molecule has 0 aliphatic heterocycles. The zero-order valence-corrected chi connectivity index (χ0v) is 12.3. The summed E-state index contributed by atoms with van der Waals surface area (Å²) in [5, 5.41) is 6.30. The molecule has 5 heteroatoms. The van der Waals surface area contributed by atoms with E-state index in [-0.39, 0.29) is 0 Å². The summed E-state index contributed by atoms with van der Waals surface area (Å²) in [6.45, 7) is 6.74. The van der Waals surface area contributed by atoms with E-state index in [9.17, 15) is 8.78 Å². The largest absolute Gasteiger partial charge is 0.357 e. The van der Waals surface area contributed by atoms with Gasteiger partial charge in [-0.3, -0.25) is 0 Å². The predicted octanol–water partition coefficient (Wildman–Crippen LogP) is 3.02. The highest BCUT2D eigenvalue weighted by Gasteiger charge is 2.23. The monoisotopic (exact) mass is 275 g/mol. The molecular formula is C14H27F2N3. The van der Waals surface area contributed by atoms with Crippen molar-refractivity contribution in [2.24, 2.45) is 16.8 Å². The fraction of sp³-hybridized carbons (Fsp3) is 0.929. The molecule has 0 aromatic carbocycles. The second-order valence-corrected chi connectivity index (χ2v) is 5.61. The number of aliphatic imine (C=N–C) groups is 1. The Hall–Kier alpha value is -0.870. The average molecular weight is 275 g/mol. The van der Waals surface area contributed by atoms with Crippen LogP contribution in [-0.4, -0.2) is 31.5 Å². The van der Waals surface area contributed by atoms with E-state index in [0.717, 1.165) is 24.7 Å². The molecule has 1 fully saturated rings. The number of rotatable bonds is 5. The molecule has 0 aromatic rings. The van der Waals surface area contributed by atoms with Crippen LogP contribution in [0.1, 0.15) is 46.5 Å². The Morgan fingerprint density at radius 3 is 2.32 bits per heavy atom. The summed E-state index contributed by atoms with van der Waals surface area (Å²) in [7, 11) is 0. The third-order valence-corrected chi connectivity index (χ3v) is 3.79. The molecule has 2 N–H and O–H groups in total. The van der Waals surface area contributed by atoms with E-state index in [0.29, 0.717) is 18.5 Å². The van der Waals surface area contributed by atoms with Crippen LogP contribution in [0, 0.1) is 11.8 Å². The number of nitrogens with zero attached hydrogens (tertiary/aromatic N) is 1. The van der Waals surface area contributed by atoms with E-state index in [1.54, 1.807) is 0 Å². The minimum Gasteiger partial charge on any atom is -0.357 e. The summed E-state index contributed by atoms with van der Waals surface area (Å²) >= 11 is 0. The topological polar surface area (TPSA) is 36.4 Å². The molecule has 0 bridgehead atoms. The SMILES string of the molecule is CCNC(=NCC(F)F)NC1CCC(C(C)C)CC1. The van der Waals surface area contributed by atoms with Gasteiger partial charge in [0.2, 0.25) is 0 Å². The summed E-state index contributed by atoms with van der Waals surface area (Å²) in [5.41, 5.74) is 0. The zero-order valence-electron chi connectivity index (χ0n) is 12.3. The van der Waals surface area contributed by atoms with Crippen LogP contribution in [0.2, 0.25) is 0 Å². The van der Waals surface area contributed by atoms with Crippen LogP contribution in [0.25, 0.3) is 0 Å². The Balaban J connectivity index is 2.41. The number of nitrogens with one attached hydrogen (secondary N) is 2. The molecule has 19 heavy (non-hydrogen) atoms. The maximum absolute atomic E-state index is 12.2. The van der Waals surface area contributed by atoms with Gasteiger partial charge in [-0.25, -0.2) is 13.8 Å². The van der Waals surface area contributed by atoms with E-state index >= 15 is 0 Å². The van der Waals surface area contributed by atoms with Crippen molar-refractivity contribution in [2.75, 3.05) is 13.1 Å². The van der Waals surface area contributed by atoms with Gasteiger partial charge in [0, 0.05) is 12.6 Å². The van der Waals surface area contributed by atoms with Crippen molar-refractivity contribution < 1.29 is 8.78 Å². The summed E-state index contributed by atoms with van der Waals surface area (Å²) in [5.74, 6) is 2.07. The minimum absolute atomic E-state index is 0.366. The van der Waals surface area contributed by atoms with Crippen LogP contribution in [-0.2, 0) is 0 Å². The summed E-state index contributed by atoms with van der Waals surface area (Å²) in [6, 6.07) is 0.366. The number of guanidine groups is 1. The maximum Gasteiger partial charge on any atom is 0.257 e. The van der Waals surface area contributed by atoms with Gasteiger partial charge in [-0.15, -0.1) is 0 Å². The average Bonchev–Trinajstić information content (AvgIpc) is 2.37. The second kappa shape index (κ2) is 8.33. The molecule has 0 atom stereocenters. The Labute approximate surface area is 115 Å². The van der Waals surface area contributed by atoms with Crippen molar-refractivity contribution in [1.29, 1.82) is 0 Å². The second-order valence-electron chi connectivity index (χ2n) is 5.61. The molecule has 0 saturated heterocycles. The maximum atomic E-state index is 12.2. The van der Waals surface area contributed by atoms with Gasteiger partial charge in [0.1, 0.15) is 6.54 Å². The molecule has 0 amide bonds. The first-order valence-corrected chi connectivity index (χ1v) is 7.35. The van der Waals surface area contributed by atoms with Gasteiger partial charge in [0.15, 0.2) is 5.96 Å². The lowest BCUT2D eigenvalue weighted by Gasteiger charge is -2.32. The van der Waals surface area contributed by atoms with Gasteiger partial charge >= 0.3 is 0 Å². The quantitative estimate of drug-likeness (QED) is 0.598. The highest BCUT2D eigenvalue weighted by Crippen LogP contribution is 2.29. The smallest absolute Gasteiger partial charge is 0.257 e. The van der Waals surface area contributed by atoms with E-state index < -0.39 is 13.0 Å². The summed E-state index contributed by atoms with van der Waals surface area (Å²) < 4.78 is 24.4. The summed E-state index contributed by atoms with van der Waals surface area (Å²) in [6.07, 6.45) is 2.24. The van der Waals surface area contributed by atoms with Crippen molar-refractivity contribution in [3.63, 3.8) is 0 Å². The first kappa shape index (κ1) is 16.2. The van der Waals surface area contributed by atoms with Crippen LogP contribution in [0.5, 0.6) is 0 Å². The fourth-order valence-corrected chi connectivity index (χ4v) is 2.60. The van der Waals surface area contributed by atoms with E-state index in [1.165, 1.54) is 12.8 Å². The van der Waals surface area contributed by atoms with Gasteiger partial charge < -0.3 is 10.6 Å². The van der Waals surface area contributed by atoms with Crippen LogP contribution in [0.3, 0.4) is 0 Å². The van der Waals surface area contributed by atoms with Gasteiger partial charge in [-0.05, 0) is 44.4 Å². The number of halogens is 2. The van der Waals surface area contributed by atoms with Crippen LogP contribution >= 0.6 is 0 Å². The van der Waals surface area contributed by atoms with E-state index in [1.807, 2.05) is 6.92 Å². The van der Waals surface area contributed by atoms with Crippen molar-refractivity contribution in [2.45, 2.75) is 58.9 Å². The van der Waals surface area contributed by atoms with Crippen LogP contribution in [0.4, 0.5) is 8.78 Å². The lowest BCUT2D eigenvalue weighted by molar-refractivity contribution is 0.158. The Morgan fingerprint density at radius 2 is 1.84 bits per heavy atom. The van der Waals surface area contributed by atoms with Crippen LogP contribution in [0.15, 0.2) is 4.99 Å². The molecule has 1 aliphatic rings. The summed E-state index contributed by atoms with van der Waals surface area (Å²) in [4.78, 5) is 3.91. The zero-order chi connectivity index (χ0) is 14.3. The van der Waals surface area contributed by atoms with E-state index in [2.05, 4.69) is 29.5 Å². The van der Waals surface area contributed by atoms with Gasteiger partial charge in [0.25, 0.3) is 6.43 Å². The van der Waals surface area contributed by atoms with Gasteiger partial charge in [0.05, 0.1) is 0 Å². The molecule has 1 rings (SSSR count). The number of hydrogen-bond acceptors (Lipinski definition) is 1. The molecule has 1 saturated carbocycles. The molecule has 1 aliphatic carbocycles. The minimum atomic E-state index is -2.38. The number of hydrogen-bond donors (Lipinski definition) is 2. The third-order valence-electron chi connectivity index (χ3n) is 3.79. The Morgan fingerprint density at radius 1 is 1.21 bits per heavy atom. The molecule has 0 spiro atoms.